The maximum absolute atomic E-state index is 11.7. The molecule has 0 aromatic heterocycles. The summed E-state index contributed by atoms with van der Waals surface area (Å²) in [5, 5.41) is 12.0. The Balaban J connectivity index is 2.16. The van der Waals surface area contributed by atoms with Crippen LogP contribution in [0, 0.1) is 17.2 Å². The first kappa shape index (κ1) is 15.0. The van der Waals surface area contributed by atoms with Gasteiger partial charge in [0.05, 0.1) is 12.5 Å². The van der Waals surface area contributed by atoms with E-state index >= 15 is 0 Å². The van der Waals surface area contributed by atoms with E-state index in [1.807, 2.05) is 0 Å². The maximum Gasteiger partial charge on any atom is 0.223 e. The molecule has 0 bridgehead atoms. The number of rotatable bonds is 6. The monoisotopic (exact) mass is 251 g/mol. The minimum Gasteiger partial charge on any atom is -0.345 e. The highest BCUT2D eigenvalue weighted by molar-refractivity contribution is 5.76. The van der Waals surface area contributed by atoms with Crippen molar-refractivity contribution in [3.05, 3.63) is 0 Å². The highest BCUT2D eigenvalue weighted by Crippen LogP contribution is 2.23. The molecule has 0 unspecified atom stereocenters. The van der Waals surface area contributed by atoms with Crippen molar-refractivity contribution in [3.63, 3.8) is 0 Å². The number of hydrogen-bond donors (Lipinski definition) is 1. The van der Waals surface area contributed by atoms with Crippen molar-refractivity contribution in [2.75, 3.05) is 20.1 Å². The first-order valence-electron chi connectivity index (χ1n) is 6.99. The molecule has 1 fully saturated rings. The van der Waals surface area contributed by atoms with Gasteiger partial charge in [0.1, 0.15) is 0 Å². The average molecular weight is 251 g/mol. The van der Waals surface area contributed by atoms with Gasteiger partial charge >= 0.3 is 0 Å². The summed E-state index contributed by atoms with van der Waals surface area (Å²) in [6, 6.07) is 2.64. The summed E-state index contributed by atoms with van der Waals surface area (Å²) in [6.45, 7) is 3.58. The molecule has 1 rings (SSSR count). The van der Waals surface area contributed by atoms with Crippen molar-refractivity contribution in [2.24, 2.45) is 5.92 Å². The summed E-state index contributed by atoms with van der Waals surface area (Å²) < 4.78 is 0. The van der Waals surface area contributed by atoms with Gasteiger partial charge in [-0.15, -0.1) is 0 Å². The van der Waals surface area contributed by atoms with Crippen molar-refractivity contribution in [1.29, 1.82) is 5.26 Å². The minimum atomic E-state index is 0.126. The predicted molar refractivity (Wildman–Crippen MR) is 71.9 cm³/mol. The number of hydrogen-bond acceptors (Lipinski definition) is 3. The summed E-state index contributed by atoms with van der Waals surface area (Å²) >= 11 is 0. The molecule has 0 saturated heterocycles. The van der Waals surface area contributed by atoms with Crippen LogP contribution >= 0.6 is 0 Å². The van der Waals surface area contributed by atoms with E-state index < -0.39 is 0 Å². The molecular formula is C14H25N3O. The lowest BCUT2D eigenvalue weighted by Crippen LogP contribution is -2.39. The molecule has 1 aliphatic rings. The first-order chi connectivity index (χ1) is 8.65. The van der Waals surface area contributed by atoms with Crippen LogP contribution in [0.15, 0.2) is 0 Å². The molecule has 0 aromatic carbocycles. The van der Waals surface area contributed by atoms with Crippen LogP contribution < -0.4 is 5.32 Å². The van der Waals surface area contributed by atoms with Crippen LogP contribution in [0.4, 0.5) is 0 Å². The second kappa shape index (κ2) is 8.10. The van der Waals surface area contributed by atoms with E-state index in [9.17, 15) is 4.79 Å². The molecule has 4 nitrogen and oxygen atoms in total. The second-order valence-electron chi connectivity index (χ2n) is 5.30. The van der Waals surface area contributed by atoms with Crippen molar-refractivity contribution in [1.82, 2.24) is 10.2 Å². The van der Waals surface area contributed by atoms with Gasteiger partial charge in [0, 0.05) is 32.6 Å². The molecule has 0 heterocycles. The summed E-state index contributed by atoms with van der Waals surface area (Å²) in [5.41, 5.74) is 0. The van der Waals surface area contributed by atoms with Crippen LogP contribution in [0.1, 0.15) is 45.4 Å². The largest absolute Gasteiger partial charge is 0.345 e. The molecule has 0 aliphatic heterocycles. The molecule has 1 amide bonds. The van der Waals surface area contributed by atoms with E-state index in [0.29, 0.717) is 25.4 Å². The smallest absolute Gasteiger partial charge is 0.223 e. The normalized spacial score (nSPS) is 23.4. The van der Waals surface area contributed by atoms with E-state index in [0.717, 1.165) is 12.5 Å². The van der Waals surface area contributed by atoms with Crippen LogP contribution in [0.2, 0.25) is 0 Å². The molecule has 0 spiro atoms. The van der Waals surface area contributed by atoms with E-state index in [1.54, 1.807) is 11.9 Å². The lowest BCUT2D eigenvalue weighted by molar-refractivity contribution is -0.129. The lowest BCUT2D eigenvalue weighted by atomic mass is 9.86. The summed E-state index contributed by atoms with van der Waals surface area (Å²) in [4.78, 5) is 13.4. The van der Waals surface area contributed by atoms with Gasteiger partial charge in [0.25, 0.3) is 0 Å². The molecule has 102 valence electrons. The molecule has 18 heavy (non-hydrogen) atoms. The Morgan fingerprint density at radius 3 is 2.83 bits per heavy atom. The van der Waals surface area contributed by atoms with E-state index in [-0.39, 0.29) is 5.91 Å². The predicted octanol–water partition coefficient (Wildman–Crippen LogP) is 1.92. The van der Waals surface area contributed by atoms with Gasteiger partial charge in [-0.2, -0.15) is 5.26 Å². The maximum atomic E-state index is 11.7. The first-order valence-corrected chi connectivity index (χ1v) is 6.99. The molecule has 0 aromatic rings. The molecule has 0 radical (unpaired) electrons. The van der Waals surface area contributed by atoms with Crippen LogP contribution in [0.25, 0.3) is 0 Å². The highest BCUT2D eigenvalue weighted by Gasteiger charge is 2.20. The van der Waals surface area contributed by atoms with Crippen molar-refractivity contribution in [2.45, 2.75) is 51.5 Å². The number of amides is 1. The average Bonchev–Trinajstić information content (AvgIpc) is 2.38. The molecule has 4 heteroatoms. The Morgan fingerprint density at radius 1 is 1.44 bits per heavy atom. The molecule has 2 atom stereocenters. The number of carbonyl (C=O) groups excluding carboxylic acids is 1. The zero-order valence-electron chi connectivity index (χ0n) is 11.6. The molecule has 1 N–H and O–H groups in total. The second-order valence-corrected chi connectivity index (χ2v) is 5.30. The Labute approximate surface area is 110 Å². The summed E-state index contributed by atoms with van der Waals surface area (Å²) in [5.74, 6) is 0.853. The standard InChI is InChI=1S/C14H25N3O/c1-12-6-3-4-7-13(12)16-10-8-14(18)17(2)11-5-9-15/h12-13,16H,3-8,10-11H2,1-2H3/t12-,13-/m0/s1. The third-order valence-corrected chi connectivity index (χ3v) is 3.84. The van der Waals surface area contributed by atoms with Crippen molar-refractivity contribution >= 4 is 5.91 Å². The third kappa shape index (κ3) is 5.05. The van der Waals surface area contributed by atoms with E-state index in [1.165, 1.54) is 25.7 Å². The van der Waals surface area contributed by atoms with Gasteiger partial charge in [-0.3, -0.25) is 4.79 Å². The van der Waals surface area contributed by atoms with E-state index in [4.69, 9.17) is 5.26 Å². The van der Waals surface area contributed by atoms with Gasteiger partial charge in [-0.1, -0.05) is 19.8 Å². The fraction of sp³-hybridized carbons (Fsp3) is 0.857. The van der Waals surface area contributed by atoms with Gasteiger partial charge in [-0.25, -0.2) is 0 Å². The Bertz CT molecular complexity index is 298. The molecule has 1 saturated carbocycles. The van der Waals surface area contributed by atoms with Crippen LogP contribution in [-0.2, 0) is 4.79 Å². The summed E-state index contributed by atoms with van der Waals surface area (Å²) in [7, 11) is 1.77. The van der Waals surface area contributed by atoms with Crippen molar-refractivity contribution in [3.8, 4) is 6.07 Å². The Hall–Kier alpha value is -1.08. The van der Waals surface area contributed by atoms with Gasteiger partial charge in [-0.05, 0) is 18.8 Å². The zero-order chi connectivity index (χ0) is 13.4. The minimum absolute atomic E-state index is 0.126. The van der Waals surface area contributed by atoms with E-state index in [2.05, 4.69) is 18.3 Å². The molecule has 1 aliphatic carbocycles. The number of carbonyl (C=O) groups is 1. The summed E-state index contributed by atoms with van der Waals surface area (Å²) in [6.07, 6.45) is 6.13. The molecular weight excluding hydrogens is 226 g/mol. The van der Waals surface area contributed by atoms with Gasteiger partial charge in [0.2, 0.25) is 5.91 Å². The topological polar surface area (TPSA) is 56.1 Å². The fourth-order valence-electron chi connectivity index (χ4n) is 2.52. The van der Waals surface area contributed by atoms with Crippen LogP contribution in [0.5, 0.6) is 0 Å². The Kier molecular flexibility index (Phi) is 6.74. The highest BCUT2D eigenvalue weighted by atomic mass is 16.2. The lowest BCUT2D eigenvalue weighted by Gasteiger charge is -2.29. The third-order valence-electron chi connectivity index (χ3n) is 3.84. The van der Waals surface area contributed by atoms with Gasteiger partial charge in [0.15, 0.2) is 0 Å². The fourth-order valence-corrected chi connectivity index (χ4v) is 2.52. The quantitative estimate of drug-likeness (QED) is 0.784. The van der Waals surface area contributed by atoms with Gasteiger partial charge < -0.3 is 10.2 Å². The number of nitrogens with zero attached hydrogens (tertiary/aromatic N) is 2. The van der Waals surface area contributed by atoms with Crippen LogP contribution in [-0.4, -0.2) is 37.0 Å². The Morgan fingerprint density at radius 2 is 2.17 bits per heavy atom. The van der Waals surface area contributed by atoms with Crippen LogP contribution in [0.3, 0.4) is 0 Å². The SMILES string of the molecule is C[C@H]1CCCC[C@@H]1NCCC(=O)N(C)CCC#N. The van der Waals surface area contributed by atoms with Crippen molar-refractivity contribution < 1.29 is 4.79 Å². The number of nitrogens with one attached hydrogen (secondary N) is 1. The number of nitriles is 1. The zero-order valence-corrected chi connectivity index (χ0v) is 11.6.